The number of piperidine rings is 1. The Morgan fingerprint density at radius 2 is 1.88 bits per heavy atom. The summed E-state index contributed by atoms with van der Waals surface area (Å²) in [4.78, 5) is 24.5. The van der Waals surface area contributed by atoms with Gasteiger partial charge in [0.2, 0.25) is 0 Å². The van der Waals surface area contributed by atoms with Crippen molar-refractivity contribution in [3.8, 4) is 11.5 Å². The summed E-state index contributed by atoms with van der Waals surface area (Å²) in [6, 6.07) is 12.1. The van der Waals surface area contributed by atoms with Crippen molar-refractivity contribution in [1.29, 1.82) is 0 Å². The van der Waals surface area contributed by atoms with Gasteiger partial charge in [-0.3, -0.25) is 9.59 Å². The van der Waals surface area contributed by atoms with Crippen LogP contribution in [0.4, 0.5) is 13.2 Å². The molecule has 1 atom stereocenters. The number of para-hydroxylation sites is 1. The van der Waals surface area contributed by atoms with E-state index in [0.29, 0.717) is 50.8 Å². The minimum Gasteiger partial charge on any atom is -0.456 e. The van der Waals surface area contributed by atoms with Crippen LogP contribution in [0.2, 0.25) is 0 Å². The molecule has 0 bridgehead atoms. The molecule has 0 saturated carbocycles. The summed E-state index contributed by atoms with van der Waals surface area (Å²) in [7, 11) is 0. The van der Waals surface area contributed by atoms with Gasteiger partial charge in [-0.05, 0) is 48.8 Å². The molecular weight excluding hydrogens is 425 g/mol. The van der Waals surface area contributed by atoms with E-state index >= 15 is 0 Å². The number of halogens is 3. The lowest BCUT2D eigenvalue weighted by molar-refractivity contribution is -0.187. The second kappa shape index (κ2) is 8.31. The van der Waals surface area contributed by atoms with Crippen LogP contribution in [0.1, 0.15) is 34.8 Å². The van der Waals surface area contributed by atoms with E-state index in [4.69, 9.17) is 4.74 Å². The SMILES string of the molecule is CCNC(=O)c1ccc2c(c1)Oc1ccccc1C2=C1CCN(C(=O)C(F)(F)F)CC1O. The minimum absolute atomic E-state index is 0.0736. The largest absolute Gasteiger partial charge is 0.471 e. The number of benzene rings is 2. The number of ether oxygens (including phenoxy) is 1. The highest BCUT2D eigenvalue weighted by molar-refractivity contribution is 5.97. The van der Waals surface area contributed by atoms with Gasteiger partial charge >= 0.3 is 12.1 Å². The van der Waals surface area contributed by atoms with Crippen LogP contribution in [0.3, 0.4) is 0 Å². The molecule has 32 heavy (non-hydrogen) atoms. The molecule has 0 spiro atoms. The molecule has 0 aromatic heterocycles. The molecule has 9 heteroatoms. The Morgan fingerprint density at radius 1 is 1.16 bits per heavy atom. The normalized spacial score (nSPS) is 20.2. The van der Waals surface area contributed by atoms with Crippen LogP contribution >= 0.6 is 0 Å². The van der Waals surface area contributed by atoms with Crippen molar-refractivity contribution in [1.82, 2.24) is 10.2 Å². The molecule has 1 unspecified atom stereocenters. The number of aliphatic hydroxyl groups excluding tert-OH is 1. The molecule has 168 valence electrons. The molecule has 2 heterocycles. The maximum atomic E-state index is 12.8. The van der Waals surface area contributed by atoms with E-state index in [-0.39, 0.29) is 18.9 Å². The Bertz CT molecular complexity index is 1110. The molecule has 2 aromatic rings. The van der Waals surface area contributed by atoms with Gasteiger partial charge in [-0.15, -0.1) is 0 Å². The summed E-state index contributed by atoms with van der Waals surface area (Å²) >= 11 is 0. The van der Waals surface area contributed by atoms with Gasteiger partial charge in [0.05, 0.1) is 12.6 Å². The van der Waals surface area contributed by atoms with Gasteiger partial charge in [-0.25, -0.2) is 0 Å². The second-order valence-electron chi connectivity index (χ2n) is 7.58. The first kappa shape index (κ1) is 21.9. The maximum Gasteiger partial charge on any atom is 0.471 e. The fraction of sp³-hybridized carbons (Fsp3) is 0.304. The highest BCUT2D eigenvalue weighted by Crippen LogP contribution is 2.46. The third kappa shape index (κ3) is 3.95. The molecule has 0 aliphatic carbocycles. The van der Waals surface area contributed by atoms with E-state index in [1.165, 1.54) is 0 Å². The van der Waals surface area contributed by atoms with Crippen molar-refractivity contribution < 1.29 is 32.6 Å². The molecule has 2 amide bonds. The quantitative estimate of drug-likeness (QED) is 0.632. The summed E-state index contributed by atoms with van der Waals surface area (Å²) in [6.07, 6.45) is -6.19. The first-order chi connectivity index (χ1) is 15.2. The van der Waals surface area contributed by atoms with Crippen LogP contribution < -0.4 is 10.1 Å². The minimum atomic E-state index is -4.99. The standard InChI is InChI=1S/C23H21F3N2O4/c1-2-27-21(30)13-7-8-16-19(11-13)32-18-6-4-3-5-15(18)20(16)14-9-10-28(12-17(14)29)22(31)23(24,25)26/h3-8,11,17,29H,2,9-10,12H2,1H3,(H,27,30). The Morgan fingerprint density at radius 3 is 2.56 bits per heavy atom. The smallest absolute Gasteiger partial charge is 0.456 e. The third-order valence-electron chi connectivity index (χ3n) is 5.52. The van der Waals surface area contributed by atoms with Gasteiger partial charge in [0.15, 0.2) is 0 Å². The molecule has 1 saturated heterocycles. The summed E-state index contributed by atoms with van der Waals surface area (Å²) < 4.78 is 44.5. The molecule has 4 rings (SSSR count). The zero-order valence-corrected chi connectivity index (χ0v) is 17.2. The zero-order chi connectivity index (χ0) is 23.0. The number of amides is 2. The molecule has 1 fully saturated rings. The summed E-state index contributed by atoms with van der Waals surface area (Å²) in [5.41, 5.74) is 2.90. The van der Waals surface area contributed by atoms with Crippen molar-refractivity contribution in [2.24, 2.45) is 0 Å². The Hall–Kier alpha value is -3.33. The predicted molar refractivity (Wildman–Crippen MR) is 110 cm³/mol. The number of aliphatic hydroxyl groups is 1. The van der Waals surface area contributed by atoms with E-state index in [1.54, 1.807) is 42.5 Å². The van der Waals surface area contributed by atoms with Gasteiger partial charge in [0.1, 0.15) is 11.5 Å². The van der Waals surface area contributed by atoms with Gasteiger partial charge in [0, 0.05) is 29.8 Å². The fourth-order valence-electron chi connectivity index (χ4n) is 4.08. The third-order valence-corrected chi connectivity index (χ3v) is 5.52. The van der Waals surface area contributed by atoms with Gasteiger partial charge < -0.3 is 20.1 Å². The van der Waals surface area contributed by atoms with Gasteiger partial charge in [-0.1, -0.05) is 18.2 Å². The monoisotopic (exact) mass is 446 g/mol. The number of hydrogen-bond donors (Lipinski definition) is 2. The Balaban J connectivity index is 1.77. The number of β-amino-alcohol motifs (C(OH)–C–C–N with tert-alkyl or cyclic N) is 1. The maximum absolute atomic E-state index is 12.8. The molecule has 2 N–H and O–H groups in total. The Labute approximate surface area is 182 Å². The van der Waals surface area contributed by atoms with Crippen LogP contribution in [-0.2, 0) is 4.79 Å². The lowest BCUT2D eigenvalue weighted by Gasteiger charge is -2.35. The summed E-state index contributed by atoms with van der Waals surface area (Å²) in [5.74, 6) is -1.29. The van der Waals surface area contributed by atoms with Gasteiger partial charge in [0.25, 0.3) is 5.91 Å². The first-order valence-corrected chi connectivity index (χ1v) is 10.2. The number of hydrogen-bond acceptors (Lipinski definition) is 4. The number of likely N-dealkylation sites (tertiary alicyclic amines) is 1. The summed E-state index contributed by atoms with van der Waals surface area (Å²) in [6.45, 7) is 1.66. The van der Waals surface area contributed by atoms with E-state index in [1.807, 2.05) is 6.92 Å². The van der Waals surface area contributed by atoms with E-state index in [0.717, 1.165) is 0 Å². The number of carbonyl (C=O) groups is 2. The number of fused-ring (bicyclic) bond motifs is 2. The number of nitrogens with zero attached hydrogens (tertiary/aromatic N) is 1. The lowest BCUT2D eigenvalue weighted by atomic mass is 9.84. The second-order valence-corrected chi connectivity index (χ2v) is 7.58. The molecule has 2 aliphatic heterocycles. The molecule has 2 aliphatic rings. The van der Waals surface area contributed by atoms with Crippen LogP contribution in [0.25, 0.3) is 5.57 Å². The molecule has 6 nitrogen and oxygen atoms in total. The van der Waals surface area contributed by atoms with Crippen molar-refractivity contribution in [3.63, 3.8) is 0 Å². The van der Waals surface area contributed by atoms with Crippen molar-refractivity contribution >= 4 is 17.4 Å². The molecule has 2 aromatic carbocycles. The highest BCUT2D eigenvalue weighted by atomic mass is 19.4. The van der Waals surface area contributed by atoms with Crippen LogP contribution in [0, 0.1) is 0 Å². The van der Waals surface area contributed by atoms with E-state index < -0.39 is 24.7 Å². The number of nitrogens with one attached hydrogen (secondary N) is 1. The number of carbonyl (C=O) groups excluding carboxylic acids is 2. The predicted octanol–water partition coefficient (Wildman–Crippen LogP) is 3.50. The number of alkyl halides is 3. The molecular formula is C23H21F3N2O4. The van der Waals surface area contributed by atoms with Gasteiger partial charge in [-0.2, -0.15) is 13.2 Å². The lowest BCUT2D eigenvalue weighted by Crippen LogP contribution is -2.48. The van der Waals surface area contributed by atoms with E-state index in [9.17, 15) is 27.9 Å². The van der Waals surface area contributed by atoms with Crippen LogP contribution in [0.5, 0.6) is 11.5 Å². The summed E-state index contributed by atoms with van der Waals surface area (Å²) in [5, 5.41) is 13.5. The zero-order valence-electron chi connectivity index (χ0n) is 17.2. The van der Waals surface area contributed by atoms with Crippen LogP contribution in [-0.4, -0.2) is 53.7 Å². The first-order valence-electron chi connectivity index (χ1n) is 10.2. The molecule has 0 radical (unpaired) electrons. The van der Waals surface area contributed by atoms with Crippen molar-refractivity contribution in [3.05, 3.63) is 64.7 Å². The average Bonchev–Trinajstić information content (AvgIpc) is 2.76. The number of rotatable bonds is 2. The fourth-order valence-corrected chi connectivity index (χ4v) is 4.08. The van der Waals surface area contributed by atoms with Crippen LogP contribution in [0.15, 0.2) is 48.0 Å². The van der Waals surface area contributed by atoms with Crippen molar-refractivity contribution in [2.75, 3.05) is 19.6 Å². The average molecular weight is 446 g/mol. The van der Waals surface area contributed by atoms with Crippen molar-refractivity contribution in [2.45, 2.75) is 25.6 Å². The Kier molecular flexibility index (Phi) is 5.68. The topological polar surface area (TPSA) is 78.9 Å². The van der Waals surface area contributed by atoms with E-state index in [2.05, 4.69) is 5.32 Å². The highest BCUT2D eigenvalue weighted by Gasteiger charge is 2.44.